The quantitative estimate of drug-likeness (QED) is 0.758. The lowest BCUT2D eigenvalue weighted by Gasteiger charge is -2.36. The second-order valence-electron chi connectivity index (χ2n) is 6.99. The first-order valence-corrected chi connectivity index (χ1v) is 8.41. The van der Waals surface area contributed by atoms with Crippen molar-refractivity contribution < 1.29 is 5.11 Å². The Labute approximate surface area is 124 Å². The number of nitrogens with zero attached hydrogens (tertiary/aromatic N) is 3. The Morgan fingerprint density at radius 2 is 1.65 bits per heavy atom. The molecule has 2 aliphatic rings. The van der Waals surface area contributed by atoms with E-state index in [9.17, 15) is 5.11 Å². The number of aliphatic hydroxyl groups is 1. The van der Waals surface area contributed by atoms with Gasteiger partial charge in [-0.15, -0.1) is 0 Å². The van der Waals surface area contributed by atoms with Crippen LogP contribution >= 0.6 is 0 Å². The Hall–Kier alpha value is -0.160. The van der Waals surface area contributed by atoms with Crippen molar-refractivity contribution in [3.05, 3.63) is 0 Å². The van der Waals surface area contributed by atoms with Crippen LogP contribution in [-0.2, 0) is 0 Å². The number of aliphatic hydroxyl groups excluding tert-OH is 1. The smallest absolute Gasteiger partial charge is 0.0669 e. The van der Waals surface area contributed by atoms with Crippen LogP contribution in [-0.4, -0.2) is 85.8 Å². The lowest BCUT2D eigenvalue weighted by molar-refractivity contribution is 0.0589. The van der Waals surface area contributed by atoms with Gasteiger partial charge in [-0.05, 0) is 26.4 Å². The molecule has 4 nitrogen and oxygen atoms in total. The van der Waals surface area contributed by atoms with Gasteiger partial charge in [0.1, 0.15) is 0 Å². The molecule has 2 rings (SSSR count). The summed E-state index contributed by atoms with van der Waals surface area (Å²) in [5, 5.41) is 10.2. The molecule has 1 N–H and O–H groups in total. The molecule has 1 saturated heterocycles. The van der Waals surface area contributed by atoms with Gasteiger partial charge >= 0.3 is 0 Å². The topological polar surface area (TPSA) is 30.0 Å². The van der Waals surface area contributed by atoms with E-state index in [1.807, 2.05) is 0 Å². The van der Waals surface area contributed by atoms with E-state index in [-0.39, 0.29) is 6.10 Å². The lowest BCUT2D eigenvalue weighted by Crippen LogP contribution is -2.49. The fourth-order valence-corrected chi connectivity index (χ4v) is 3.54. The third-order valence-electron chi connectivity index (χ3n) is 4.88. The fraction of sp³-hybridized carbons (Fsp3) is 1.00. The second kappa shape index (κ2) is 8.32. The molecule has 20 heavy (non-hydrogen) atoms. The molecule has 1 unspecified atom stereocenters. The van der Waals surface area contributed by atoms with E-state index in [1.165, 1.54) is 32.2 Å². The van der Waals surface area contributed by atoms with E-state index in [0.29, 0.717) is 0 Å². The molecule has 1 aliphatic carbocycles. The van der Waals surface area contributed by atoms with Crippen LogP contribution in [0.5, 0.6) is 0 Å². The van der Waals surface area contributed by atoms with Gasteiger partial charge in [-0.25, -0.2) is 0 Å². The maximum absolute atomic E-state index is 10.2. The minimum absolute atomic E-state index is 0.105. The third-order valence-corrected chi connectivity index (χ3v) is 4.88. The van der Waals surface area contributed by atoms with Crippen LogP contribution in [0.4, 0.5) is 0 Å². The molecular formula is C16H33N3O. The van der Waals surface area contributed by atoms with Gasteiger partial charge in [0.2, 0.25) is 0 Å². The second-order valence-corrected chi connectivity index (χ2v) is 6.99. The van der Waals surface area contributed by atoms with Gasteiger partial charge in [-0.3, -0.25) is 9.80 Å². The molecule has 1 aliphatic heterocycles. The van der Waals surface area contributed by atoms with Crippen LogP contribution in [0, 0.1) is 5.92 Å². The van der Waals surface area contributed by atoms with Crippen molar-refractivity contribution in [3.63, 3.8) is 0 Å². The van der Waals surface area contributed by atoms with E-state index in [1.54, 1.807) is 0 Å². The first kappa shape index (κ1) is 16.2. The Balaban J connectivity index is 1.58. The predicted molar refractivity (Wildman–Crippen MR) is 84.0 cm³/mol. The lowest BCUT2D eigenvalue weighted by atomic mass is 10.00. The van der Waals surface area contributed by atoms with E-state index < -0.39 is 0 Å². The zero-order valence-corrected chi connectivity index (χ0v) is 13.4. The van der Waals surface area contributed by atoms with E-state index >= 15 is 0 Å². The van der Waals surface area contributed by atoms with Crippen molar-refractivity contribution in [2.75, 3.05) is 59.9 Å². The molecule has 0 spiro atoms. The largest absolute Gasteiger partial charge is 0.392 e. The first-order valence-electron chi connectivity index (χ1n) is 8.41. The van der Waals surface area contributed by atoms with Crippen LogP contribution in [0.2, 0.25) is 0 Å². The molecule has 0 amide bonds. The SMILES string of the molecule is CN(C)CCN1CCN(CC(O)CC2CCCC2)CC1. The molecular weight excluding hydrogens is 250 g/mol. The molecule has 2 fully saturated rings. The Bertz CT molecular complexity index is 258. The molecule has 0 aromatic rings. The van der Waals surface area contributed by atoms with Crippen molar-refractivity contribution in [1.29, 1.82) is 0 Å². The van der Waals surface area contributed by atoms with Crippen LogP contribution in [0.3, 0.4) is 0 Å². The highest BCUT2D eigenvalue weighted by Gasteiger charge is 2.22. The average Bonchev–Trinajstić information content (AvgIpc) is 2.90. The molecule has 118 valence electrons. The minimum atomic E-state index is -0.105. The van der Waals surface area contributed by atoms with Crippen LogP contribution in [0.25, 0.3) is 0 Å². The highest BCUT2D eigenvalue weighted by Crippen LogP contribution is 2.28. The zero-order chi connectivity index (χ0) is 14.4. The Morgan fingerprint density at radius 1 is 1.05 bits per heavy atom. The molecule has 0 aromatic heterocycles. The van der Waals surface area contributed by atoms with Crippen LogP contribution < -0.4 is 0 Å². The van der Waals surface area contributed by atoms with Gasteiger partial charge in [-0.1, -0.05) is 25.7 Å². The molecule has 1 heterocycles. The highest BCUT2D eigenvalue weighted by molar-refractivity contribution is 4.77. The van der Waals surface area contributed by atoms with Crippen LogP contribution in [0.15, 0.2) is 0 Å². The predicted octanol–water partition coefficient (Wildman–Crippen LogP) is 1.11. The van der Waals surface area contributed by atoms with Crippen molar-refractivity contribution in [3.8, 4) is 0 Å². The molecule has 1 atom stereocenters. The summed E-state index contributed by atoms with van der Waals surface area (Å²) in [6.07, 6.45) is 6.36. The Kier molecular flexibility index (Phi) is 6.75. The van der Waals surface area contributed by atoms with Gasteiger partial charge in [-0.2, -0.15) is 0 Å². The van der Waals surface area contributed by atoms with Crippen molar-refractivity contribution in [1.82, 2.24) is 14.7 Å². The zero-order valence-electron chi connectivity index (χ0n) is 13.4. The summed E-state index contributed by atoms with van der Waals surface area (Å²) in [4.78, 5) is 7.24. The van der Waals surface area contributed by atoms with Gasteiger partial charge in [0.25, 0.3) is 0 Å². The maximum atomic E-state index is 10.2. The minimum Gasteiger partial charge on any atom is -0.392 e. The van der Waals surface area contributed by atoms with Crippen LogP contribution in [0.1, 0.15) is 32.1 Å². The van der Waals surface area contributed by atoms with Crippen molar-refractivity contribution in [2.45, 2.75) is 38.2 Å². The monoisotopic (exact) mass is 283 g/mol. The Morgan fingerprint density at radius 3 is 2.25 bits per heavy atom. The fourth-order valence-electron chi connectivity index (χ4n) is 3.54. The normalized spacial score (nSPS) is 24.6. The number of rotatable bonds is 7. The number of β-amino-alcohol motifs (C(OH)–C–C–N with tert-alkyl or cyclic N) is 1. The van der Waals surface area contributed by atoms with Gasteiger partial charge in [0.15, 0.2) is 0 Å². The van der Waals surface area contributed by atoms with Gasteiger partial charge < -0.3 is 10.0 Å². The molecule has 0 radical (unpaired) electrons. The van der Waals surface area contributed by atoms with E-state index in [4.69, 9.17) is 0 Å². The standard InChI is InChI=1S/C16H33N3O/c1-17(2)7-8-18-9-11-19(12-10-18)14-16(20)13-15-5-3-4-6-15/h15-16,20H,3-14H2,1-2H3. The highest BCUT2D eigenvalue weighted by atomic mass is 16.3. The van der Waals surface area contributed by atoms with Gasteiger partial charge in [0, 0.05) is 45.8 Å². The summed E-state index contributed by atoms with van der Waals surface area (Å²) in [5.74, 6) is 0.798. The summed E-state index contributed by atoms with van der Waals surface area (Å²) in [6.45, 7) is 7.76. The summed E-state index contributed by atoms with van der Waals surface area (Å²) in [7, 11) is 4.27. The number of hydrogen-bond donors (Lipinski definition) is 1. The maximum Gasteiger partial charge on any atom is 0.0669 e. The number of piperazine rings is 1. The number of likely N-dealkylation sites (N-methyl/N-ethyl adjacent to an activating group) is 1. The summed E-state index contributed by atoms with van der Waals surface area (Å²) >= 11 is 0. The third kappa shape index (κ3) is 5.68. The van der Waals surface area contributed by atoms with E-state index in [0.717, 1.165) is 51.6 Å². The molecule has 0 bridgehead atoms. The average molecular weight is 283 g/mol. The van der Waals surface area contributed by atoms with Crippen molar-refractivity contribution >= 4 is 0 Å². The van der Waals surface area contributed by atoms with E-state index in [2.05, 4.69) is 28.8 Å². The number of hydrogen-bond acceptors (Lipinski definition) is 4. The summed E-state index contributed by atoms with van der Waals surface area (Å²) in [6, 6.07) is 0. The van der Waals surface area contributed by atoms with Gasteiger partial charge in [0.05, 0.1) is 6.10 Å². The summed E-state index contributed by atoms with van der Waals surface area (Å²) in [5.41, 5.74) is 0. The molecule has 1 saturated carbocycles. The van der Waals surface area contributed by atoms with Crippen molar-refractivity contribution in [2.24, 2.45) is 5.92 Å². The first-order chi connectivity index (χ1) is 9.63. The molecule has 4 heteroatoms. The summed E-state index contributed by atoms with van der Waals surface area (Å²) < 4.78 is 0. The molecule has 0 aromatic carbocycles.